The third-order valence-corrected chi connectivity index (χ3v) is 10.2. The second-order valence-corrected chi connectivity index (χ2v) is 14.9. The van der Waals surface area contributed by atoms with Gasteiger partial charge < -0.3 is 25.8 Å². The number of amides is 4. The van der Waals surface area contributed by atoms with Crippen molar-refractivity contribution in [3.63, 3.8) is 0 Å². The quantitative estimate of drug-likeness (QED) is 0.476. The highest BCUT2D eigenvalue weighted by atomic mass is 16.2. The third-order valence-electron chi connectivity index (χ3n) is 10.2. The molecule has 3 N–H and O–H groups in total. The molecule has 10 nitrogen and oxygen atoms in total. The Hall–Kier alpha value is -2.98. The van der Waals surface area contributed by atoms with Crippen LogP contribution in [0.2, 0.25) is 0 Å². The summed E-state index contributed by atoms with van der Waals surface area (Å²) in [7, 11) is 0. The van der Waals surface area contributed by atoms with Gasteiger partial charge in [-0.1, -0.05) is 51.1 Å². The molecule has 10 heteroatoms. The van der Waals surface area contributed by atoms with Gasteiger partial charge in [-0.25, -0.2) is 0 Å². The van der Waals surface area contributed by atoms with Gasteiger partial charge in [-0.3, -0.25) is 24.1 Å². The van der Waals surface area contributed by atoms with E-state index in [0.717, 1.165) is 37.8 Å². The van der Waals surface area contributed by atoms with Gasteiger partial charge in [0, 0.05) is 58.2 Å². The number of carbonyl (C=O) groups is 4. The van der Waals surface area contributed by atoms with Crippen molar-refractivity contribution >= 4 is 23.6 Å². The van der Waals surface area contributed by atoms with Crippen molar-refractivity contribution in [3.8, 4) is 0 Å². The normalized spacial score (nSPS) is 26.0. The number of hydrogen-bond donors (Lipinski definition) is 3. The van der Waals surface area contributed by atoms with Crippen LogP contribution in [-0.2, 0) is 25.7 Å². The fourth-order valence-electron chi connectivity index (χ4n) is 7.64. The molecule has 5 heterocycles. The molecule has 0 saturated carbocycles. The number of carbonyl (C=O) groups excluding carboxylic acids is 4. The van der Waals surface area contributed by atoms with E-state index in [1.807, 2.05) is 28.0 Å². The van der Waals surface area contributed by atoms with Crippen LogP contribution in [0.3, 0.4) is 0 Å². The molecule has 2 atom stereocenters. The van der Waals surface area contributed by atoms with Crippen molar-refractivity contribution in [3.05, 3.63) is 35.9 Å². The molecular weight excluding hydrogens is 568 g/mol. The van der Waals surface area contributed by atoms with Gasteiger partial charge in [0.2, 0.25) is 23.6 Å². The molecule has 2 bridgehead atoms. The molecule has 45 heavy (non-hydrogen) atoms. The van der Waals surface area contributed by atoms with Gasteiger partial charge in [0.05, 0.1) is 17.6 Å². The molecule has 4 amide bonds. The summed E-state index contributed by atoms with van der Waals surface area (Å²) in [6.45, 7) is 10.6. The summed E-state index contributed by atoms with van der Waals surface area (Å²) in [6.07, 6.45) is 6.58. The summed E-state index contributed by atoms with van der Waals surface area (Å²) in [5.41, 5.74) is 0.361. The topological polar surface area (TPSA) is 114 Å². The van der Waals surface area contributed by atoms with E-state index < -0.39 is 5.54 Å². The first-order valence-corrected chi connectivity index (χ1v) is 17.2. The lowest BCUT2D eigenvalue weighted by molar-refractivity contribution is -0.138. The van der Waals surface area contributed by atoms with E-state index in [9.17, 15) is 19.2 Å². The number of piperidine rings is 2. The summed E-state index contributed by atoms with van der Waals surface area (Å²) in [6, 6.07) is 9.83. The first-order chi connectivity index (χ1) is 21.5. The summed E-state index contributed by atoms with van der Waals surface area (Å²) in [5.74, 6) is 0.169. The van der Waals surface area contributed by atoms with Gasteiger partial charge in [0.15, 0.2) is 0 Å². The number of likely N-dealkylation sites (tertiary alicyclic amines) is 1. The van der Waals surface area contributed by atoms with Gasteiger partial charge in [0.1, 0.15) is 0 Å². The summed E-state index contributed by atoms with van der Waals surface area (Å²) in [4.78, 5) is 60.3. The number of fused-ring (bicyclic) bond motifs is 10. The molecule has 0 unspecified atom stereocenters. The minimum Gasteiger partial charge on any atom is -0.356 e. The van der Waals surface area contributed by atoms with E-state index in [4.69, 9.17) is 0 Å². The zero-order valence-electron chi connectivity index (χ0n) is 27.6. The highest BCUT2D eigenvalue weighted by molar-refractivity contribution is 5.85. The fraction of sp³-hybridized carbons (Fsp3) is 0.714. The van der Waals surface area contributed by atoms with Crippen LogP contribution in [0.5, 0.6) is 0 Å². The van der Waals surface area contributed by atoms with Crippen molar-refractivity contribution in [1.82, 2.24) is 30.7 Å². The summed E-state index contributed by atoms with van der Waals surface area (Å²) >= 11 is 0. The summed E-state index contributed by atoms with van der Waals surface area (Å²) < 4.78 is 0. The molecule has 1 aromatic rings. The fourth-order valence-corrected chi connectivity index (χ4v) is 7.64. The summed E-state index contributed by atoms with van der Waals surface area (Å²) in [5, 5.41) is 9.98. The maximum Gasteiger partial charge on any atom is 0.239 e. The first-order valence-electron chi connectivity index (χ1n) is 17.2. The largest absolute Gasteiger partial charge is 0.356 e. The first kappa shape index (κ1) is 33.4. The van der Waals surface area contributed by atoms with Crippen LogP contribution in [0, 0.1) is 5.41 Å². The predicted molar refractivity (Wildman–Crippen MR) is 174 cm³/mol. The second-order valence-electron chi connectivity index (χ2n) is 14.9. The van der Waals surface area contributed by atoms with Crippen molar-refractivity contribution in [2.24, 2.45) is 5.41 Å². The van der Waals surface area contributed by atoms with E-state index in [0.29, 0.717) is 71.4 Å². The minimum atomic E-state index is -0.680. The highest BCUT2D eigenvalue weighted by Gasteiger charge is 2.44. The van der Waals surface area contributed by atoms with Gasteiger partial charge in [-0.2, -0.15) is 0 Å². The lowest BCUT2D eigenvalue weighted by Gasteiger charge is -2.44. The van der Waals surface area contributed by atoms with E-state index in [-0.39, 0.29) is 53.6 Å². The molecule has 0 aliphatic carbocycles. The van der Waals surface area contributed by atoms with Gasteiger partial charge in [0.25, 0.3) is 0 Å². The zero-order chi connectivity index (χ0) is 32.0. The third kappa shape index (κ3) is 8.85. The smallest absolute Gasteiger partial charge is 0.239 e. The maximum atomic E-state index is 13.9. The monoisotopic (exact) mass is 622 g/mol. The minimum absolute atomic E-state index is 0.00256. The molecule has 6 rings (SSSR count). The highest BCUT2D eigenvalue weighted by Crippen LogP contribution is 2.31. The van der Waals surface area contributed by atoms with Crippen molar-refractivity contribution in [2.45, 2.75) is 115 Å². The molecule has 5 aliphatic rings. The van der Waals surface area contributed by atoms with E-state index in [1.165, 1.54) is 0 Å². The van der Waals surface area contributed by atoms with Crippen molar-refractivity contribution in [2.75, 3.05) is 39.3 Å². The standard InChI is InChI=1S/C35H54N6O4/c1-34(2,3)24-31(43)39-21-15-35(16-22-39)23-30(42)36-17-7-11-28(37-25-26-9-5-4-6-10-26)33(45)40-19-13-27(14-20-40)41-18-8-12-29(41)32(44)38-35/h4-6,9-10,27-29,37H,7-8,11-25H2,1-3H3,(H,36,42)(H,38,44)/t28-,29-/m0/s1. The van der Waals surface area contributed by atoms with Gasteiger partial charge in [-0.15, -0.1) is 0 Å². The second kappa shape index (κ2) is 14.6. The molecule has 5 saturated heterocycles. The lowest BCUT2D eigenvalue weighted by Crippen LogP contribution is -2.61. The average molecular weight is 623 g/mol. The molecule has 248 valence electrons. The van der Waals surface area contributed by atoms with Crippen LogP contribution in [0.25, 0.3) is 0 Å². The Morgan fingerprint density at radius 1 is 0.933 bits per heavy atom. The molecule has 5 fully saturated rings. The Kier molecular flexibility index (Phi) is 10.9. The number of rotatable bonds is 4. The predicted octanol–water partition coefficient (Wildman–Crippen LogP) is 2.81. The number of nitrogens with one attached hydrogen (secondary N) is 3. The van der Waals surface area contributed by atoms with Crippen molar-refractivity contribution in [1.29, 1.82) is 0 Å². The Balaban J connectivity index is 1.31. The Morgan fingerprint density at radius 3 is 2.33 bits per heavy atom. The number of nitrogens with zero attached hydrogens (tertiary/aromatic N) is 3. The van der Waals surface area contributed by atoms with Crippen LogP contribution >= 0.6 is 0 Å². The molecule has 1 aromatic carbocycles. The van der Waals surface area contributed by atoms with Gasteiger partial charge >= 0.3 is 0 Å². The number of benzene rings is 1. The number of hydrogen-bond acceptors (Lipinski definition) is 6. The lowest BCUT2D eigenvalue weighted by atomic mass is 9.82. The van der Waals surface area contributed by atoms with Crippen LogP contribution < -0.4 is 16.0 Å². The van der Waals surface area contributed by atoms with E-state index in [1.54, 1.807) is 0 Å². The molecule has 0 aromatic heterocycles. The Labute approximate surface area is 269 Å². The van der Waals surface area contributed by atoms with E-state index >= 15 is 0 Å². The molecule has 1 spiro atoms. The van der Waals surface area contributed by atoms with E-state index in [2.05, 4.69) is 53.8 Å². The van der Waals surface area contributed by atoms with Gasteiger partial charge in [-0.05, 0) is 68.9 Å². The average Bonchev–Trinajstić information content (AvgIpc) is 3.50. The SMILES string of the molecule is CC(C)(C)CC(=O)N1CCC2(CC1)CC(=O)NCCC[C@H](NCc1ccccc1)C(=O)N1CCC(CC1)N1CCC[C@H]1C(=O)N2. The van der Waals surface area contributed by atoms with Crippen LogP contribution in [-0.4, -0.2) is 101 Å². The van der Waals surface area contributed by atoms with Crippen LogP contribution in [0.4, 0.5) is 0 Å². The molecule has 5 aliphatic heterocycles. The van der Waals surface area contributed by atoms with Crippen LogP contribution in [0.1, 0.15) is 90.5 Å². The molecular formula is C35H54N6O4. The van der Waals surface area contributed by atoms with Crippen molar-refractivity contribution < 1.29 is 19.2 Å². The Morgan fingerprint density at radius 2 is 1.64 bits per heavy atom. The Bertz CT molecular complexity index is 1180. The zero-order valence-corrected chi connectivity index (χ0v) is 27.6. The molecule has 0 radical (unpaired) electrons. The van der Waals surface area contributed by atoms with Crippen LogP contribution in [0.15, 0.2) is 30.3 Å². The maximum absolute atomic E-state index is 13.9.